The molecule has 0 saturated heterocycles. The fourth-order valence-electron chi connectivity index (χ4n) is 9.34. The van der Waals surface area contributed by atoms with Crippen molar-refractivity contribution in [2.75, 3.05) is 13.2 Å². The summed E-state index contributed by atoms with van der Waals surface area (Å²) in [6, 6.07) is 0. The molecule has 0 aromatic carbocycles. The van der Waals surface area contributed by atoms with Crippen LogP contribution in [-0.4, -0.2) is 37.2 Å². The molecule has 0 aliphatic carbocycles. The van der Waals surface area contributed by atoms with Gasteiger partial charge in [0.15, 0.2) is 6.10 Å². The highest BCUT2D eigenvalue weighted by Crippen LogP contribution is 2.17. The molecule has 0 saturated carbocycles. The van der Waals surface area contributed by atoms with Gasteiger partial charge in [-0.25, -0.2) is 0 Å². The SMILES string of the molecule is CC/C=C\C/C=C\C/C=C\C/C=C\C/C=C\C/C=C\CCC(=O)OC(COC(=O)CCCCCCC/C=C\CCCCC)COC(=O)CCCCCCCCCCCCCCCCCCC/C=C\CCCCCCCCCC. The lowest BCUT2D eigenvalue weighted by Gasteiger charge is -2.18. The van der Waals surface area contributed by atoms with Crippen LogP contribution in [0.1, 0.15) is 323 Å². The maximum Gasteiger partial charge on any atom is 0.306 e. The van der Waals surface area contributed by atoms with Crippen LogP contribution >= 0.6 is 0 Å². The predicted molar refractivity (Wildman–Crippen MR) is 339 cm³/mol. The van der Waals surface area contributed by atoms with Gasteiger partial charge in [-0.15, -0.1) is 0 Å². The van der Waals surface area contributed by atoms with Crippen molar-refractivity contribution in [3.05, 3.63) is 97.2 Å². The lowest BCUT2D eigenvalue weighted by atomic mass is 10.0. The van der Waals surface area contributed by atoms with E-state index in [1.54, 1.807) is 0 Å². The van der Waals surface area contributed by atoms with Gasteiger partial charge in [0.25, 0.3) is 0 Å². The van der Waals surface area contributed by atoms with Gasteiger partial charge in [0.2, 0.25) is 0 Å². The van der Waals surface area contributed by atoms with Crippen molar-refractivity contribution in [3.8, 4) is 0 Å². The van der Waals surface area contributed by atoms with E-state index in [9.17, 15) is 14.4 Å². The number of hydrogen-bond donors (Lipinski definition) is 0. The summed E-state index contributed by atoms with van der Waals surface area (Å²) in [6.45, 7) is 6.46. The number of carbonyl (C=O) groups is 3. The average molecular weight is 1090 g/mol. The van der Waals surface area contributed by atoms with Crippen LogP contribution in [0, 0.1) is 0 Å². The number of rotatable bonds is 60. The molecule has 0 aliphatic heterocycles. The molecule has 0 heterocycles. The third kappa shape index (κ3) is 63.2. The Morgan fingerprint density at radius 3 is 0.859 bits per heavy atom. The molecule has 0 aliphatic rings. The molecule has 0 fully saturated rings. The van der Waals surface area contributed by atoms with E-state index in [-0.39, 0.29) is 31.6 Å². The van der Waals surface area contributed by atoms with E-state index in [1.165, 1.54) is 186 Å². The van der Waals surface area contributed by atoms with E-state index in [0.717, 1.165) is 89.9 Å². The van der Waals surface area contributed by atoms with Crippen LogP contribution in [0.15, 0.2) is 97.2 Å². The summed E-state index contributed by atoms with van der Waals surface area (Å²) in [5.41, 5.74) is 0. The van der Waals surface area contributed by atoms with Gasteiger partial charge in [-0.05, 0) is 109 Å². The number of esters is 3. The Balaban J connectivity index is 4.29. The zero-order valence-corrected chi connectivity index (χ0v) is 51.4. The zero-order valence-electron chi connectivity index (χ0n) is 51.4. The van der Waals surface area contributed by atoms with Crippen LogP contribution in [0.25, 0.3) is 0 Å². The summed E-state index contributed by atoms with van der Waals surface area (Å²) in [5, 5.41) is 0. The standard InChI is InChI=1S/C72H124O6/c1-4-7-10-13-16-19-22-25-27-29-31-32-33-34-35-36-37-38-39-40-42-43-45-47-50-53-56-59-62-65-71(74)77-68-69(67-76-70(73)64-61-58-55-52-49-24-21-18-15-12-9-6-3)78-72(75)66-63-60-57-54-51-48-46-44-41-30-28-26-23-20-17-14-11-8-5-2/h8,11,17-18,20-21,26,28-29,31,41,44,48,51,57,60,69H,4-7,9-10,12-16,19,22-25,27,30,32-40,42-43,45-47,49-50,52-56,58-59,61-68H2,1-3H3/b11-8-,20-17-,21-18-,28-26-,31-29-,44-41-,51-48-,60-57-. The quantitative estimate of drug-likeness (QED) is 0.0261. The molecule has 6 heteroatoms. The molecule has 0 aromatic rings. The zero-order chi connectivity index (χ0) is 56.4. The van der Waals surface area contributed by atoms with E-state index in [4.69, 9.17) is 14.2 Å². The molecule has 0 radical (unpaired) electrons. The second-order valence-corrected chi connectivity index (χ2v) is 22.0. The van der Waals surface area contributed by atoms with E-state index >= 15 is 0 Å². The molecule has 448 valence electrons. The summed E-state index contributed by atoms with van der Waals surface area (Å²) in [7, 11) is 0. The van der Waals surface area contributed by atoms with Crippen LogP contribution in [0.2, 0.25) is 0 Å². The van der Waals surface area contributed by atoms with Gasteiger partial charge in [-0.1, -0.05) is 291 Å². The van der Waals surface area contributed by atoms with Crippen molar-refractivity contribution in [2.24, 2.45) is 0 Å². The van der Waals surface area contributed by atoms with E-state index in [0.29, 0.717) is 19.3 Å². The summed E-state index contributed by atoms with van der Waals surface area (Å²) in [6.07, 6.45) is 88.8. The minimum atomic E-state index is -0.822. The Morgan fingerprint density at radius 2 is 0.526 bits per heavy atom. The van der Waals surface area contributed by atoms with Crippen LogP contribution in [0.3, 0.4) is 0 Å². The van der Waals surface area contributed by atoms with Gasteiger partial charge < -0.3 is 14.2 Å². The van der Waals surface area contributed by atoms with Crippen LogP contribution in [0.5, 0.6) is 0 Å². The first-order valence-electron chi connectivity index (χ1n) is 33.2. The molecule has 1 unspecified atom stereocenters. The second-order valence-electron chi connectivity index (χ2n) is 22.0. The molecule has 0 N–H and O–H groups in total. The Labute approximate surface area is 483 Å². The highest BCUT2D eigenvalue weighted by Gasteiger charge is 2.19. The smallest absolute Gasteiger partial charge is 0.306 e. The Kier molecular flexibility index (Phi) is 62.7. The van der Waals surface area contributed by atoms with Gasteiger partial charge in [0, 0.05) is 19.3 Å². The van der Waals surface area contributed by atoms with Crippen LogP contribution in [-0.2, 0) is 28.6 Å². The predicted octanol–water partition coefficient (Wildman–Crippen LogP) is 22.8. The van der Waals surface area contributed by atoms with Crippen molar-refractivity contribution in [1.29, 1.82) is 0 Å². The van der Waals surface area contributed by atoms with Gasteiger partial charge in [-0.2, -0.15) is 0 Å². The number of hydrogen-bond acceptors (Lipinski definition) is 6. The highest BCUT2D eigenvalue weighted by atomic mass is 16.6. The first-order valence-corrected chi connectivity index (χ1v) is 33.2. The van der Waals surface area contributed by atoms with Crippen molar-refractivity contribution in [3.63, 3.8) is 0 Å². The molecule has 0 rings (SSSR count). The largest absolute Gasteiger partial charge is 0.462 e. The Morgan fingerprint density at radius 1 is 0.269 bits per heavy atom. The highest BCUT2D eigenvalue weighted by molar-refractivity contribution is 5.71. The summed E-state index contributed by atoms with van der Waals surface area (Å²) in [5.74, 6) is -0.994. The van der Waals surface area contributed by atoms with Gasteiger partial charge in [0.1, 0.15) is 13.2 Å². The lowest BCUT2D eigenvalue weighted by molar-refractivity contribution is -0.166. The summed E-state index contributed by atoms with van der Waals surface area (Å²) < 4.78 is 16.8. The third-order valence-corrected chi connectivity index (χ3v) is 14.3. The number of carbonyl (C=O) groups excluding carboxylic acids is 3. The molecule has 6 nitrogen and oxygen atoms in total. The molecule has 0 aromatic heterocycles. The second kappa shape index (κ2) is 65.8. The van der Waals surface area contributed by atoms with Crippen molar-refractivity contribution in [1.82, 2.24) is 0 Å². The topological polar surface area (TPSA) is 78.9 Å². The molecule has 0 spiro atoms. The molecular formula is C72H124O6. The Bertz CT molecular complexity index is 1530. The fraction of sp³-hybridized carbons (Fsp3) is 0.736. The maximum absolute atomic E-state index is 12.9. The van der Waals surface area contributed by atoms with Crippen LogP contribution < -0.4 is 0 Å². The first kappa shape index (κ1) is 74.3. The van der Waals surface area contributed by atoms with E-state index in [1.807, 2.05) is 6.08 Å². The van der Waals surface area contributed by atoms with Crippen LogP contribution in [0.4, 0.5) is 0 Å². The first-order chi connectivity index (χ1) is 38.5. The van der Waals surface area contributed by atoms with Gasteiger partial charge in [-0.3, -0.25) is 14.4 Å². The molecule has 0 amide bonds. The average Bonchev–Trinajstić information content (AvgIpc) is 3.44. The summed E-state index contributed by atoms with van der Waals surface area (Å²) >= 11 is 0. The number of ether oxygens (including phenoxy) is 3. The van der Waals surface area contributed by atoms with Crippen molar-refractivity contribution in [2.45, 2.75) is 329 Å². The number of allylic oxidation sites excluding steroid dienone is 16. The maximum atomic E-state index is 12.9. The normalized spacial score (nSPS) is 12.7. The van der Waals surface area contributed by atoms with E-state index < -0.39 is 12.1 Å². The fourth-order valence-corrected chi connectivity index (χ4v) is 9.34. The van der Waals surface area contributed by atoms with Gasteiger partial charge in [0.05, 0.1) is 0 Å². The third-order valence-electron chi connectivity index (χ3n) is 14.3. The molecule has 1 atom stereocenters. The van der Waals surface area contributed by atoms with Crippen molar-refractivity contribution >= 4 is 17.9 Å². The molecular weight excluding hydrogens is 961 g/mol. The molecule has 78 heavy (non-hydrogen) atoms. The van der Waals surface area contributed by atoms with Crippen molar-refractivity contribution < 1.29 is 28.6 Å². The van der Waals surface area contributed by atoms with E-state index in [2.05, 4.69) is 112 Å². The van der Waals surface area contributed by atoms with Gasteiger partial charge >= 0.3 is 17.9 Å². The molecule has 0 bridgehead atoms. The Hall–Kier alpha value is -3.67. The minimum absolute atomic E-state index is 0.109. The monoisotopic (exact) mass is 1080 g/mol. The minimum Gasteiger partial charge on any atom is -0.462 e. The summed E-state index contributed by atoms with van der Waals surface area (Å²) in [4.78, 5) is 38.2. The number of unbranched alkanes of at least 4 members (excludes halogenated alkanes) is 33. The lowest BCUT2D eigenvalue weighted by Crippen LogP contribution is -2.30.